The van der Waals surface area contributed by atoms with Gasteiger partial charge in [-0.05, 0) is 13.0 Å². The zero-order valence-corrected chi connectivity index (χ0v) is 10.2. The third-order valence-electron chi connectivity index (χ3n) is 2.51. The van der Waals surface area contributed by atoms with Crippen LogP contribution in [0.4, 0.5) is 17.1 Å². The third kappa shape index (κ3) is 2.66. The quantitative estimate of drug-likeness (QED) is 0.611. The first kappa shape index (κ1) is 13.3. The monoisotopic (exact) mass is 279 g/mol. The van der Waals surface area contributed by atoms with Gasteiger partial charge in [-0.1, -0.05) is 5.21 Å². The molecule has 11 nitrogen and oxygen atoms in total. The molecule has 0 saturated heterocycles. The third-order valence-corrected chi connectivity index (χ3v) is 2.51. The van der Waals surface area contributed by atoms with Crippen molar-refractivity contribution >= 4 is 17.1 Å². The Balaban J connectivity index is 2.31. The summed E-state index contributed by atoms with van der Waals surface area (Å²) in [6, 6.07) is 2.89. The van der Waals surface area contributed by atoms with Crippen LogP contribution in [0, 0.1) is 20.2 Å². The molecule has 0 aliphatic carbocycles. The topological polar surface area (TPSA) is 153 Å². The van der Waals surface area contributed by atoms with Crippen molar-refractivity contribution in [1.82, 2.24) is 20.6 Å². The van der Waals surface area contributed by atoms with Gasteiger partial charge in [-0.25, -0.2) is 0 Å². The number of aromatic amines is 1. The summed E-state index contributed by atoms with van der Waals surface area (Å²) >= 11 is 0. The van der Waals surface area contributed by atoms with Gasteiger partial charge < -0.3 is 5.32 Å². The van der Waals surface area contributed by atoms with Crippen LogP contribution < -0.4 is 5.32 Å². The SMILES string of the molecule is CC(Nc1ccc([N+](=O)[O-])cc1[N+](=O)[O-])c1nn[nH]n1. The number of non-ortho nitro benzene ring substituents is 1. The molecule has 1 heterocycles. The van der Waals surface area contributed by atoms with E-state index >= 15 is 0 Å². The van der Waals surface area contributed by atoms with Crippen LogP contribution >= 0.6 is 0 Å². The van der Waals surface area contributed by atoms with Gasteiger partial charge in [-0.15, -0.1) is 10.2 Å². The van der Waals surface area contributed by atoms with Crippen molar-refractivity contribution in [2.75, 3.05) is 5.32 Å². The lowest BCUT2D eigenvalue weighted by atomic mass is 10.2. The minimum absolute atomic E-state index is 0.137. The van der Waals surface area contributed by atoms with Gasteiger partial charge in [0.1, 0.15) is 5.69 Å². The Kier molecular flexibility index (Phi) is 3.50. The number of nitrogens with one attached hydrogen (secondary N) is 2. The summed E-state index contributed by atoms with van der Waals surface area (Å²) in [6.45, 7) is 1.68. The normalized spacial score (nSPS) is 11.8. The number of anilines is 1. The summed E-state index contributed by atoms with van der Waals surface area (Å²) in [4.78, 5) is 20.2. The largest absolute Gasteiger partial charge is 0.370 e. The predicted octanol–water partition coefficient (Wildman–Crippen LogP) is 1.19. The molecule has 1 unspecified atom stereocenters. The molecule has 1 atom stereocenters. The average Bonchev–Trinajstić information content (AvgIpc) is 2.92. The van der Waals surface area contributed by atoms with Crippen LogP contribution in [0.15, 0.2) is 18.2 Å². The van der Waals surface area contributed by atoms with Crippen LogP contribution in [0.5, 0.6) is 0 Å². The van der Waals surface area contributed by atoms with Crippen molar-refractivity contribution in [2.24, 2.45) is 0 Å². The van der Waals surface area contributed by atoms with Crippen molar-refractivity contribution in [3.8, 4) is 0 Å². The van der Waals surface area contributed by atoms with E-state index in [1.54, 1.807) is 6.92 Å². The van der Waals surface area contributed by atoms with E-state index in [2.05, 4.69) is 25.9 Å². The number of rotatable bonds is 5. The Morgan fingerprint density at radius 2 is 2.05 bits per heavy atom. The zero-order chi connectivity index (χ0) is 14.7. The molecule has 2 N–H and O–H groups in total. The first-order valence-corrected chi connectivity index (χ1v) is 5.41. The fraction of sp³-hybridized carbons (Fsp3) is 0.222. The summed E-state index contributed by atoms with van der Waals surface area (Å²) in [6.07, 6.45) is 0. The minimum atomic E-state index is -0.696. The average molecular weight is 279 g/mol. The second-order valence-corrected chi connectivity index (χ2v) is 3.85. The zero-order valence-electron chi connectivity index (χ0n) is 10.2. The van der Waals surface area contributed by atoms with Gasteiger partial charge in [0, 0.05) is 6.07 Å². The Hall–Kier alpha value is -3.11. The number of hydrogen-bond acceptors (Lipinski definition) is 8. The van der Waals surface area contributed by atoms with Crippen LogP contribution in [0.25, 0.3) is 0 Å². The summed E-state index contributed by atoms with van der Waals surface area (Å²) in [5.41, 5.74) is -0.609. The summed E-state index contributed by atoms with van der Waals surface area (Å²) < 4.78 is 0. The van der Waals surface area contributed by atoms with E-state index in [0.29, 0.717) is 5.82 Å². The number of hydrogen-bond donors (Lipinski definition) is 2. The second kappa shape index (κ2) is 5.26. The number of H-pyrrole nitrogens is 1. The molecule has 0 saturated carbocycles. The Morgan fingerprint density at radius 3 is 2.60 bits per heavy atom. The summed E-state index contributed by atoms with van der Waals surface area (Å²) in [5.74, 6) is 0.317. The van der Waals surface area contributed by atoms with Crippen LogP contribution in [-0.2, 0) is 0 Å². The van der Waals surface area contributed by atoms with Gasteiger partial charge in [0.2, 0.25) is 0 Å². The molecule has 0 fully saturated rings. The molecule has 1 aromatic heterocycles. The highest BCUT2D eigenvalue weighted by Gasteiger charge is 2.21. The maximum Gasteiger partial charge on any atom is 0.299 e. The number of aromatic nitrogens is 4. The van der Waals surface area contributed by atoms with Gasteiger partial charge >= 0.3 is 0 Å². The molecule has 2 aromatic rings. The number of nitrogens with zero attached hydrogens (tertiary/aromatic N) is 5. The predicted molar refractivity (Wildman–Crippen MR) is 66.0 cm³/mol. The van der Waals surface area contributed by atoms with Crippen molar-refractivity contribution < 1.29 is 9.85 Å². The van der Waals surface area contributed by atoms with Gasteiger partial charge in [-0.3, -0.25) is 20.2 Å². The molecule has 0 amide bonds. The maximum absolute atomic E-state index is 11.0. The first-order chi connectivity index (χ1) is 9.49. The number of nitro benzene ring substituents is 2. The van der Waals surface area contributed by atoms with E-state index in [1.807, 2.05) is 0 Å². The van der Waals surface area contributed by atoms with E-state index in [1.165, 1.54) is 12.1 Å². The highest BCUT2D eigenvalue weighted by atomic mass is 16.6. The van der Waals surface area contributed by atoms with Crippen molar-refractivity contribution in [3.63, 3.8) is 0 Å². The smallest absolute Gasteiger partial charge is 0.299 e. The molecule has 11 heteroatoms. The molecule has 0 aliphatic heterocycles. The lowest BCUT2D eigenvalue weighted by Gasteiger charge is -2.11. The molecule has 0 aliphatic rings. The van der Waals surface area contributed by atoms with E-state index in [0.717, 1.165) is 6.07 Å². The summed E-state index contributed by atoms with van der Waals surface area (Å²) in [7, 11) is 0. The van der Waals surface area contributed by atoms with Crippen LogP contribution in [-0.4, -0.2) is 30.5 Å². The fourth-order valence-corrected chi connectivity index (χ4v) is 1.56. The molecule has 0 bridgehead atoms. The summed E-state index contributed by atoms with van der Waals surface area (Å²) in [5, 5.41) is 37.5. The molecule has 20 heavy (non-hydrogen) atoms. The van der Waals surface area contributed by atoms with Gasteiger partial charge in [0.05, 0.1) is 22.0 Å². The highest BCUT2D eigenvalue weighted by Crippen LogP contribution is 2.30. The van der Waals surface area contributed by atoms with Crippen LogP contribution in [0.3, 0.4) is 0 Å². The standard InChI is InChI=1S/C9H9N7O4/c1-5(9-11-13-14-12-9)10-7-3-2-6(15(17)18)4-8(7)16(19)20/h2-5,10H,1H3,(H,11,12,13,14). The second-order valence-electron chi connectivity index (χ2n) is 3.85. The molecule has 1 aromatic carbocycles. The molecular weight excluding hydrogens is 270 g/mol. The van der Waals surface area contributed by atoms with Gasteiger partial charge in [0.25, 0.3) is 11.4 Å². The van der Waals surface area contributed by atoms with Gasteiger partial charge in [-0.2, -0.15) is 5.21 Å². The lowest BCUT2D eigenvalue weighted by molar-refractivity contribution is -0.393. The highest BCUT2D eigenvalue weighted by molar-refractivity contribution is 5.65. The fourth-order valence-electron chi connectivity index (χ4n) is 1.56. The lowest BCUT2D eigenvalue weighted by Crippen LogP contribution is -2.10. The van der Waals surface area contributed by atoms with Gasteiger partial charge in [0.15, 0.2) is 5.82 Å². The minimum Gasteiger partial charge on any atom is -0.370 e. The van der Waals surface area contributed by atoms with E-state index in [-0.39, 0.29) is 11.4 Å². The molecule has 104 valence electrons. The maximum atomic E-state index is 11.0. The number of tetrazole rings is 1. The molecule has 0 radical (unpaired) electrons. The van der Waals surface area contributed by atoms with E-state index < -0.39 is 21.6 Å². The molecule has 2 rings (SSSR count). The van der Waals surface area contributed by atoms with Crippen LogP contribution in [0.2, 0.25) is 0 Å². The van der Waals surface area contributed by atoms with Crippen molar-refractivity contribution in [1.29, 1.82) is 0 Å². The number of nitro groups is 2. The Morgan fingerprint density at radius 1 is 1.30 bits per heavy atom. The van der Waals surface area contributed by atoms with E-state index in [9.17, 15) is 20.2 Å². The van der Waals surface area contributed by atoms with E-state index in [4.69, 9.17) is 0 Å². The Labute approximate surface area is 111 Å². The first-order valence-electron chi connectivity index (χ1n) is 5.41. The Bertz CT molecular complexity index is 642. The van der Waals surface area contributed by atoms with Crippen LogP contribution in [0.1, 0.15) is 18.8 Å². The molecule has 0 spiro atoms. The van der Waals surface area contributed by atoms with Crippen molar-refractivity contribution in [2.45, 2.75) is 13.0 Å². The van der Waals surface area contributed by atoms with Crippen molar-refractivity contribution in [3.05, 3.63) is 44.3 Å². The number of benzene rings is 1. The molecular formula is C9H9N7O4.